The van der Waals surface area contributed by atoms with E-state index in [4.69, 9.17) is 5.11 Å². The largest absolute Gasteiger partial charge is 0.508 e. The molecule has 2 aromatic rings. The van der Waals surface area contributed by atoms with Crippen LogP contribution < -0.4 is 5.32 Å². The third-order valence-corrected chi connectivity index (χ3v) is 3.63. The Bertz CT molecular complexity index is 512. The highest BCUT2D eigenvalue weighted by molar-refractivity contribution is 5.20. The van der Waals surface area contributed by atoms with Crippen LogP contribution in [0.2, 0.25) is 0 Å². The van der Waals surface area contributed by atoms with Crippen molar-refractivity contribution in [1.29, 1.82) is 0 Å². The zero-order chi connectivity index (χ0) is 14.9. The number of hydrogen-bond donors (Lipinski definition) is 2. The van der Waals surface area contributed by atoms with E-state index in [1.165, 1.54) is 56.1 Å². The molecule has 1 fully saturated rings. The van der Waals surface area contributed by atoms with Gasteiger partial charge in [0.05, 0.1) is 0 Å². The van der Waals surface area contributed by atoms with E-state index >= 15 is 0 Å². The van der Waals surface area contributed by atoms with Gasteiger partial charge in [-0.3, -0.25) is 0 Å². The van der Waals surface area contributed by atoms with Gasteiger partial charge in [0.15, 0.2) is 0 Å². The molecule has 114 valence electrons. The van der Waals surface area contributed by atoms with Gasteiger partial charge < -0.3 is 10.4 Å². The van der Waals surface area contributed by atoms with Crippen LogP contribution in [0.3, 0.4) is 0 Å². The van der Waals surface area contributed by atoms with Gasteiger partial charge in [0.2, 0.25) is 0 Å². The topological polar surface area (TPSA) is 32.3 Å². The summed E-state index contributed by atoms with van der Waals surface area (Å²) in [6.45, 7) is 2.41. The summed E-state index contributed by atoms with van der Waals surface area (Å²) in [7, 11) is 0. The Labute approximate surface area is 127 Å². The van der Waals surface area contributed by atoms with Crippen molar-refractivity contribution in [2.45, 2.75) is 19.3 Å². The number of nitrogens with one attached hydrogen (secondary N) is 1. The summed E-state index contributed by atoms with van der Waals surface area (Å²) in [5.41, 5.74) is 1.49. The summed E-state index contributed by atoms with van der Waals surface area (Å²) in [4.78, 5) is 0. The molecule has 0 radical (unpaired) electrons. The normalized spacial score (nSPS) is 15.1. The second-order valence-electron chi connectivity index (χ2n) is 5.36. The molecule has 21 heavy (non-hydrogen) atoms. The maximum Gasteiger partial charge on any atom is 0.126 e. The monoisotopic (exact) mass is 289 g/mol. The smallest absolute Gasteiger partial charge is 0.126 e. The maximum absolute atomic E-state index is 12.0. The first kappa shape index (κ1) is 15.5. The quantitative estimate of drug-likeness (QED) is 0.875. The van der Waals surface area contributed by atoms with Gasteiger partial charge in [-0.1, -0.05) is 36.4 Å². The number of rotatable bonds is 2. The van der Waals surface area contributed by atoms with E-state index in [9.17, 15) is 4.39 Å². The van der Waals surface area contributed by atoms with Gasteiger partial charge >= 0.3 is 0 Å². The first-order valence-electron chi connectivity index (χ1n) is 7.43. The van der Waals surface area contributed by atoms with Gasteiger partial charge in [-0.15, -0.1) is 0 Å². The maximum atomic E-state index is 12.0. The molecule has 0 amide bonds. The molecule has 0 atom stereocenters. The van der Waals surface area contributed by atoms with Gasteiger partial charge in [-0.25, -0.2) is 4.39 Å². The lowest BCUT2D eigenvalue weighted by molar-refractivity contribution is 0.372. The van der Waals surface area contributed by atoms with Gasteiger partial charge in [0.25, 0.3) is 0 Å². The van der Waals surface area contributed by atoms with Gasteiger partial charge in [0.1, 0.15) is 11.6 Å². The van der Waals surface area contributed by atoms with Crippen molar-refractivity contribution in [2.24, 2.45) is 5.92 Å². The number of halogens is 1. The number of benzene rings is 2. The Morgan fingerprint density at radius 1 is 1.05 bits per heavy atom. The SMILES string of the molecule is Oc1cccc(F)c1.[HH].c1ccc(CC2CCNCC2)cc1. The minimum atomic E-state index is -0.412. The van der Waals surface area contributed by atoms with Crippen LogP contribution in [0.5, 0.6) is 5.75 Å². The summed E-state index contributed by atoms with van der Waals surface area (Å²) in [5.74, 6) is 0.457. The fourth-order valence-electron chi connectivity index (χ4n) is 2.51. The van der Waals surface area contributed by atoms with Crippen molar-refractivity contribution in [2.75, 3.05) is 13.1 Å². The summed E-state index contributed by atoms with van der Waals surface area (Å²) >= 11 is 0. The molecule has 2 N–H and O–H groups in total. The molecule has 2 aromatic carbocycles. The van der Waals surface area contributed by atoms with Crippen LogP contribution in [0.1, 0.15) is 19.8 Å². The van der Waals surface area contributed by atoms with Gasteiger partial charge in [-0.2, -0.15) is 0 Å². The highest BCUT2D eigenvalue weighted by Gasteiger charge is 2.12. The van der Waals surface area contributed by atoms with Crippen LogP contribution in [0.15, 0.2) is 54.6 Å². The fourth-order valence-corrected chi connectivity index (χ4v) is 2.51. The Balaban J connectivity index is 0.000000234. The predicted octanol–water partition coefficient (Wildman–Crippen LogP) is 4.01. The molecule has 0 aromatic heterocycles. The van der Waals surface area contributed by atoms with Crippen LogP contribution >= 0.6 is 0 Å². The average molecular weight is 289 g/mol. The number of phenols is 1. The average Bonchev–Trinajstić information content (AvgIpc) is 2.50. The second kappa shape index (κ2) is 8.42. The minimum absolute atomic E-state index is 0. The van der Waals surface area contributed by atoms with Crippen LogP contribution in [-0.2, 0) is 6.42 Å². The summed E-state index contributed by atoms with van der Waals surface area (Å²) in [5, 5.41) is 12.0. The summed E-state index contributed by atoms with van der Waals surface area (Å²) in [6, 6.07) is 16.0. The molecule has 1 saturated heterocycles. The summed E-state index contributed by atoms with van der Waals surface area (Å²) < 4.78 is 12.0. The number of hydrogen-bond acceptors (Lipinski definition) is 2. The van der Waals surface area contributed by atoms with Crippen molar-refractivity contribution in [3.8, 4) is 5.75 Å². The summed E-state index contributed by atoms with van der Waals surface area (Å²) in [6.07, 6.45) is 3.95. The second-order valence-corrected chi connectivity index (χ2v) is 5.36. The lowest BCUT2D eigenvalue weighted by atomic mass is 9.91. The Kier molecular flexibility index (Phi) is 6.22. The third kappa shape index (κ3) is 5.96. The first-order chi connectivity index (χ1) is 10.2. The molecular formula is C18H24FNO. The Morgan fingerprint density at radius 2 is 1.76 bits per heavy atom. The van der Waals surface area contributed by atoms with E-state index in [-0.39, 0.29) is 7.18 Å². The zero-order valence-corrected chi connectivity index (χ0v) is 12.1. The molecule has 3 heteroatoms. The molecule has 0 spiro atoms. The standard InChI is InChI=1S/C12H17N.C6H5FO.H2/c1-2-4-11(5-3-1)10-12-6-8-13-9-7-12;7-5-2-1-3-6(8)4-5;/h1-5,12-13H,6-10H2;1-4,8H;1H. The lowest BCUT2D eigenvalue weighted by Gasteiger charge is -2.22. The highest BCUT2D eigenvalue weighted by atomic mass is 19.1. The Hall–Kier alpha value is -1.87. The molecular weight excluding hydrogens is 265 g/mol. The van der Waals surface area contributed by atoms with E-state index in [1.54, 1.807) is 0 Å². The molecule has 1 heterocycles. The minimum Gasteiger partial charge on any atom is -0.508 e. The predicted molar refractivity (Wildman–Crippen MR) is 85.9 cm³/mol. The number of phenolic OH excluding ortho intramolecular Hbond substituents is 1. The van der Waals surface area contributed by atoms with Crippen LogP contribution in [0.25, 0.3) is 0 Å². The third-order valence-electron chi connectivity index (χ3n) is 3.63. The molecule has 3 rings (SSSR count). The number of aromatic hydroxyl groups is 1. The number of piperidine rings is 1. The van der Waals surface area contributed by atoms with Crippen molar-refractivity contribution in [1.82, 2.24) is 5.32 Å². The van der Waals surface area contributed by atoms with Crippen LogP contribution in [0.4, 0.5) is 4.39 Å². The van der Waals surface area contributed by atoms with Crippen molar-refractivity contribution >= 4 is 0 Å². The Morgan fingerprint density at radius 3 is 2.33 bits per heavy atom. The first-order valence-corrected chi connectivity index (χ1v) is 7.43. The highest BCUT2D eigenvalue weighted by Crippen LogP contribution is 2.17. The zero-order valence-electron chi connectivity index (χ0n) is 12.1. The van der Waals surface area contributed by atoms with Crippen molar-refractivity contribution < 1.29 is 10.9 Å². The van der Waals surface area contributed by atoms with Crippen LogP contribution in [-0.4, -0.2) is 18.2 Å². The lowest BCUT2D eigenvalue weighted by Crippen LogP contribution is -2.28. The van der Waals surface area contributed by atoms with Crippen molar-refractivity contribution in [3.05, 3.63) is 66.0 Å². The molecule has 0 aliphatic carbocycles. The van der Waals surface area contributed by atoms with Gasteiger partial charge in [0, 0.05) is 7.49 Å². The molecule has 2 nitrogen and oxygen atoms in total. The fraction of sp³-hybridized carbons (Fsp3) is 0.333. The van der Waals surface area contributed by atoms with E-state index < -0.39 is 5.82 Å². The van der Waals surface area contributed by atoms with E-state index in [2.05, 4.69) is 35.6 Å². The molecule has 0 bridgehead atoms. The van der Waals surface area contributed by atoms with Gasteiger partial charge in [-0.05, 0) is 56.0 Å². The van der Waals surface area contributed by atoms with E-state index in [1.807, 2.05) is 0 Å². The molecule has 0 unspecified atom stereocenters. The van der Waals surface area contributed by atoms with Crippen molar-refractivity contribution in [3.63, 3.8) is 0 Å². The van der Waals surface area contributed by atoms with Crippen LogP contribution in [0, 0.1) is 11.7 Å². The molecule has 1 aliphatic heterocycles. The molecule has 1 aliphatic rings. The molecule has 0 saturated carbocycles. The van der Waals surface area contributed by atoms with E-state index in [0.717, 1.165) is 12.0 Å². The van der Waals surface area contributed by atoms with E-state index in [0.29, 0.717) is 0 Å².